The van der Waals surface area contributed by atoms with Gasteiger partial charge in [0.05, 0.1) is 5.02 Å². The zero-order valence-corrected chi connectivity index (χ0v) is 15.8. The zero-order chi connectivity index (χ0) is 18.0. The van der Waals surface area contributed by atoms with Crippen LogP contribution >= 0.6 is 23.2 Å². The molecule has 1 aliphatic rings. The van der Waals surface area contributed by atoms with Crippen LogP contribution in [-0.2, 0) is 11.4 Å². The van der Waals surface area contributed by atoms with Crippen molar-refractivity contribution in [3.63, 3.8) is 0 Å². The lowest BCUT2D eigenvalue weighted by Crippen LogP contribution is -2.10. The van der Waals surface area contributed by atoms with E-state index >= 15 is 0 Å². The fourth-order valence-corrected chi connectivity index (χ4v) is 3.12. The van der Waals surface area contributed by atoms with Gasteiger partial charge in [-0.2, -0.15) is 0 Å². The van der Waals surface area contributed by atoms with Gasteiger partial charge in [0.2, 0.25) is 0 Å². The molecule has 0 N–H and O–H groups in total. The molecule has 0 bridgehead atoms. The van der Waals surface area contributed by atoms with Gasteiger partial charge in [-0.05, 0) is 48.9 Å². The largest absolute Gasteiger partial charge is 0.487 e. The molecule has 0 amide bonds. The van der Waals surface area contributed by atoms with Crippen LogP contribution < -0.4 is 9.47 Å². The molecule has 1 saturated carbocycles. The molecule has 0 aromatic heterocycles. The number of halogens is 2. The van der Waals surface area contributed by atoms with Gasteiger partial charge in [-0.25, -0.2) is 0 Å². The van der Waals surface area contributed by atoms with Crippen LogP contribution in [0.2, 0.25) is 10.0 Å². The molecule has 1 aliphatic carbocycles. The molecule has 0 radical (unpaired) electrons. The SMILES string of the molecule is CCC(=O)Oc1cccc(C2CC2)c1COc1cc(Cl)c(C)cc1Cl. The Hall–Kier alpha value is -1.71. The second kappa shape index (κ2) is 7.67. The van der Waals surface area contributed by atoms with Gasteiger partial charge < -0.3 is 9.47 Å². The first-order valence-electron chi connectivity index (χ1n) is 8.40. The number of carbonyl (C=O) groups is 1. The van der Waals surface area contributed by atoms with E-state index in [0.717, 1.165) is 24.0 Å². The van der Waals surface area contributed by atoms with Crippen molar-refractivity contribution >= 4 is 29.2 Å². The minimum atomic E-state index is -0.259. The first kappa shape index (κ1) is 18.1. The standard InChI is InChI=1S/C20H20Cl2O3/c1-3-20(23)25-18-6-4-5-14(13-7-8-13)15(18)11-24-19-10-16(21)12(2)9-17(19)22/h4-6,9-10,13H,3,7-8,11H2,1-2H3. The maximum Gasteiger partial charge on any atom is 0.310 e. The smallest absolute Gasteiger partial charge is 0.310 e. The average Bonchev–Trinajstić information content (AvgIpc) is 3.42. The number of aryl methyl sites for hydroxylation is 1. The second-order valence-corrected chi connectivity index (χ2v) is 7.06. The highest BCUT2D eigenvalue weighted by Crippen LogP contribution is 2.44. The van der Waals surface area contributed by atoms with E-state index in [2.05, 4.69) is 6.07 Å². The van der Waals surface area contributed by atoms with Crippen LogP contribution in [0, 0.1) is 6.92 Å². The molecule has 0 saturated heterocycles. The van der Waals surface area contributed by atoms with Crippen molar-refractivity contribution in [1.82, 2.24) is 0 Å². The Morgan fingerprint density at radius 2 is 1.92 bits per heavy atom. The molecule has 132 valence electrons. The molecule has 25 heavy (non-hydrogen) atoms. The van der Waals surface area contributed by atoms with Gasteiger partial charge in [0.15, 0.2) is 0 Å². The number of esters is 1. The molecule has 0 aliphatic heterocycles. The number of carbonyl (C=O) groups excluding carboxylic acids is 1. The summed E-state index contributed by atoms with van der Waals surface area (Å²) in [6.07, 6.45) is 2.62. The summed E-state index contributed by atoms with van der Waals surface area (Å²) < 4.78 is 11.4. The number of hydrogen-bond acceptors (Lipinski definition) is 3. The van der Waals surface area contributed by atoms with Crippen molar-refractivity contribution in [1.29, 1.82) is 0 Å². The van der Waals surface area contributed by atoms with Gasteiger partial charge >= 0.3 is 5.97 Å². The highest BCUT2D eigenvalue weighted by molar-refractivity contribution is 6.34. The monoisotopic (exact) mass is 378 g/mol. The van der Waals surface area contributed by atoms with Gasteiger partial charge in [-0.1, -0.05) is 42.3 Å². The second-order valence-electron chi connectivity index (χ2n) is 6.25. The lowest BCUT2D eigenvalue weighted by atomic mass is 10.0. The predicted octanol–water partition coefficient (Wildman–Crippen LogP) is 6.07. The van der Waals surface area contributed by atoms with Crippen LogP contribution in [0.25, 0.3) is 0 Å². The van der Waals surface area contributed by atoms with Crippen molar-refractivity contribution in [2.24, 2.45) is 0 Å². The lowest BCUT2D eigenvalue weighted by Gasteiger charge is -2.16. The molecule has 0 atom stereocenters. The van der Waals surface area contributed by atoms with Crippen molar-refractivity contribution < 1.29 is 14.3 Å². The molecule has 2 aromatic carbocycles. The minimum Gasteiger partial charge on any atom is -0.487 e. The first-order chi connectivity index (χ1) is 12.0. The Kier molecular flexibility index (Phi) is 5.55. The molecule has 3 nitrogen and oxygen atoms in total. The minimum absolute atomic E-state index is 0.259. The predicted molar refractivity (Wildman–Crippen MR) is 99.9 cm³/mol. The van der Waals surface area contributed by atoms with Gasteiger partial charge in [0, 0.05) is 23.1 Å². The van der Waals surface area contributed by atoms with E-state index in [1.165, 1.54) is 5.56 Å². The number of rotatable bonds is 6. The maximum absolute atomic E-state index is 11.7. The third-order valence-corrected chi connectivity index (χ3v) is 4.99. The van der Waals surface area contributed by atoms with E-state index in [1.54, 1.807) is 19.1 Å². The van der Waals surface area contributed by atoms with E-state index in [0.29, 0.717) is 33.9 Å². The van der Waals surface area contributed by atoms with Gasteiger partial charge in [0.1, 0.15) is 18.1 Å². The lowest BCUT2D eigenvalue weighted by molar-refractivity contribution is -0.134. The normalized spacial score (nSPS) is 13.6. The quantitative estimate of drug-likeness (QED) is 0.451. The number of hydrogen-bond donors (Lipinski definition) is 0. The van der Waals surface area contributed by atoms with Crippen molar-refractivity contribution in [2.75, 3.05) is 0 Å². The molecule has 2 aromatic rings. The average molecular weight is 379 g/mol. The highest BCUT2D eigenvalue weighted by atomic mass is 35.5. The fourth-order valence-electron chi connectivity index (χ4n) is 2.69. The zero-order valence-electron chi connectivity index (χ0n) is 14.3. The van der Waals surface area contributed by atoms with Crippen LogP contribution in [0.3, 0.4) is 0 Å². The molecule has 3 rings (SSSR count). The Labute approximate surface area is 157 Å². The van der Waals surface area contributed by atoms with E-state index in [-0.39, 0.29) is 12.6 Å². The summed E-state index contributed by atoms with van der Waals surface area (Å²) in [5.41, 5.74) is 2.98. The summed E-state index contributed by atoms with van der Waals surface area (Å²) in [6.45, 7) is 3.94. The third kappa shape index (κ3) is 4.28. The summed E-state index contributed by atoms with van der Waals surface area (Å²) in [6, 6.07) is 9.30. The summed E-state index contributed by atoms with van der Waals surface area (Å²) >= 11 is 12.4. The molecule has 1 fully saturated rings. The Morgan fingerprint density at radius 1 is 1.16 bits per heavy atom. The molecule has 0 unspecified atom stereocenters. The summed E-state index contributed by atoms with van der Waals surface area (Å²) in [7, 11) is 0. The topological polar surface area (TPSA) is 35.5 Å². The Morgan fingerprint density at radius 3 is 2.60 bits per heavy atom. The number of ether oxygens (including phenoxy) is 2. The maximum atomic E-state index is 11.7. The molecular weight excluding hydrogens is 359 g/mol. The van der Waals surface area contributed by atoms with Crippen molar-refractivity contribution in [3.8, 4) is 11.5 Å². The van der Waals surface area contributed by atoms with Crippen LogP contribution in [0.1, 0.15) is 48.8 Å². The van der Waals surface area contributed by atoms with Crippen molar-refractivity contribution in [3.05, 3.63) is 57.1 Å². The van der Waals surface area contributed by atoms with Crippen LogP contribution in [-0.4, -0.2) is 5.97 Å². The van der Waals surface area contributed by atoms with Gasteiger partial charge in [-0.15, -0.1) is 0 Å². The summed E-state index contributed by atoms with van der Waals surface area (Å²) in [5, 5.41) is 1.12. The summed E-state index contributed by atoms with van der Waals surface area (Å²) in [4.78, 5) is 11.7. The fraction of sp³-hybridized carbons (Fsp3) is 0.350. The third-order valence-electron chi connectivity index (χ3n) is 4.28. The molecular formula is C20H20Cl2O3. The van der Waals surface area contributed by atoms with E-state index in [1.807, 2.05) is 19.1 Å². The summed E-state index contributed by atoms with van der Waals surface area (Å²) in [5.74, 6) is 1.34. The van der Waals surface area contributed by atoms with Gasteiger partial charge in [0.25, 0.3) is 0 Å². The van der Waals surface area contributed by atoms with E-state index in [4.69, 9.17) is 32.7 Å². The van der Waals surface area contributed by atoms with Crippen LogP contribution in [0.4, 0.5) is 0 Å². The van der Waals surface area contributed by atoms with E-state index in [9.17, 15) is 4.79 Å². The van der Waals surface area contributed by atoms with E-state index < -0.39 is 0 Å². The first-order valence-corrected chi connectivity index (χ1v) is 9.16. The van der Waals surface area contributed by atoms with Crippen LogP contribution in [0.5, 0.6) is 11.5 Å². The van der Waals surface area contributed by atoms with Crippen LogP contribution in [0.15, 0.2) is 30.3 Å². The molecule has 0 heterocycles. The highest BCUT2D eigenvalue weighted by Gasteiger charge is 2.28. The van der Waals surface area contributed by atoms with Gasteiger partial charge in [-0.3, -0.25) is 4.79 Å². The van der Waals surface area contributed by atoms with Crippen molar-refractivity contribution in [2.45, 2.75) is 45.6 Å². The Balaban J connectivity index is 1.88. The molecule has 0 spiro atoms. The Bertz CT molecular complexity index is 798. The number of benzene rings is 2. The molecule has 5 heteroatoms.